The second-order valence-electron chi connectivity index (χ2n) is 3.68. The SMILES string of the molecule is Cl.Oc1ccc(C=CCc2ccccc2)cc1. The molecule has 1 N–H and O–H groups in total. The topological polar surface area (TPSA) is 20.2 Å². The van der Waals surface area contributed by atoms with Gasteiger partial charge in [0.15, 0.2) is 0 Å². The summed E-state index contributed by atoms with van der Waals surface area (Å²) in [7, 11) is 0. The Bertz CT molecular complexity index is 460. The number of benzene rings is 2. The molecule has 0 bridgehead atoms. The van der Waals surface area contributed by atoms with E-state index in [0.29, 0.717) is 5.75 Å². The minimum Gasteiger partial charge on any atom is -0.508 e. The first kappa shape index (κ1) is 13.3. The lowest BCUT2D eigenvalue weighted by molar-refractivity contribution is 0.475. The van der Waals surface area contributed by atoms with Crippen LogP contribution >= 0.6 is 12.4 Å². The molecule has 2 aromatic carbocycles. The van der Waals surface area contributed by atoms with Crippen LogP contribution in [0.25, 0.3) is 6.08 Å². The molecule has 2 heteroatoms. The lowest BCUT2D eigenvalue weighted by Gasteiger charge is -1.96. The Morgan fingerprint density at radius 1 is 0.882 bits per heavy atom. The Hall–Kier alpha value is -1.73. The molecule has 2 aromatic rings. The molecule has 0 radical (unpaired) electrons. The van der Waals surface area contributed by atoms with Crippen molar-refractivity contribution in [3.8, 4) is 5.75 Å². The molecule has 0 saturated heterocycles. The number of halogens is 1. The summed E-state index contributed by atoms with van der Waals surface area (Å²) >= 11 is 0. The van der Waals surface area contributed by atoms with Crippen molar-refractivity contribution >= 4 is 18.5 Å². The number of rotatable bonds is 3. The van der Waals surface area contributed by atoms with Gasteiger partial charge in [-0.3, -0.25) is 0 Å². The Balaban J connectivity index is 0.00000144. The molecule has 0 spiro atoms. The Morgan fingerprint density at radius 2 is 1.53 bits per heavy atom. The van der Waals surface area contributed by atoms with Crippen molar-refractivity contribution < 1.29 is 5.11 Å². The van der Waals surface area contributed by atoms with E-state index in [1.165, 1.54) is 5.56 Å². The van der Waals surface area contributed by atoms with Gasteiger partial charge in [-0.1, -0.05) is 54.6 Å². The second kappa shape index (κ2) is 6.77. The van der Waals surface area contributed by atoms with Gasteiger partial charge in [-0.15, -0.1) is 12.4 Å². The zero-order chi connectivity index (χ0) is 11.2. The number of phenolic OH excluding ortho intramolecular Hbond substituents is 1. The monoisotopic (exact) mass is 246 g/mol. The maximum atomic E-state index is 9.14. The Labute approximate surface area is 108 Å². The number of aromatic hydroxyl groups is 1. The normalized spacial score (nSPS) is 10.1. The van der Waals surface area contributed by atoms with E-state index in [9.17, 15) is 0 Å². The largest absolute Gasteiger partial charge is 0.508 e. The van der Waals surface area contributed by atoms with Gasteiger partial charge in [-0.25, -0.2) is 0 Å². The van der Waals surface area contributed by atoms with Crippen LogP contribution < -0.4 is 0 Å². The summed E-state index contributed by atoms with van der Waals surface area (Å²) in [5.41, 5.74) is 2.41. The molecule has 1 nitrogen and oxygen atoms in total. The number of allylic oxidation sites excluding steroid dienone is 1. The fraction of sp³-hybridized carbons (Fsp3) is 0.0667. The van der Waals surface area contributed by atoms with Gasteiger partial charge in [0.25, 0.3) is 0 Å². The van der Waals surface area contributed by atoms with Crippen molar-refractivity contribution in [1.29, 1.82) is 0 Å². The van der Waals surface area contributed by atoms with Crippen LogP contribution in [-0.4, -0.2) is 5.11 Å². The van der Waals surface area contributed by atoms with E-state index in [-0.39, 0.29) is 12.4 Å². The first-order valence-electron chi connectivity index (χ1n) is 5.34. The smallest absolute Gasteiger partial charge is 0.115 e. The molecule has 0 aliphatic carbocycles. The molecular weight excluding hydrogens is 232 g/mol. The average Bonchev–Trinajstić information content (AvgIpc) is 2.33. The Morgan fingerprint density at radius 3 is 2.18 bits per heavy atom. The fourth-order valence-electron chi connectivity index (χ4n) is 1.53. The van der Waals surface area contributed by atoms with Gasteiger partial charge in [0.1, 0.15) is 5.75 Å². The number of hydrogen-bond donors (Lipinski definition) is 1. The van der Waals surface area contributed by atoms with Gasteiger partial charge in [0, 0.05) is 0 Å². The van der Waals surface area contributed by atoms with Crippen LogP contribution in [0, 0.1) is 0 Å². The van der Waals surface area contributed by atoms with E-state index in [1.807, 2.05) is 30.3 Å². The summed E-state index contributed by atoms with van der Waals surface area (Å²) in [6.45, 7) is 0. The minimum absolute atomic E-state index is 0. The summed E-state index contributed by atoms with van der Waals surface area (Å²) in [4.78, 5) is 0. The maximum Gasteiger partial charge on any atom is 0.115 e. The zero-order valence-corrected chi connectivity index (χ0v) is 10.2. The molecule has 0 fully saturated rings. The highest BCUT2D eigenvalue weighted by atomic mass is 35.5. The van der Waals surface area contributed by atoms with E-state index in [0.717, 1.165) is 12.0 Å². The van der Waals surface area contributed by atoms with Crippen LogP contribution in [0.4, 0.5) is 0 Å². The number of phenols is 1. The van der Waals surface area contributed by atoms with Crippen molar-refractivity contribution in [2.24, 2.45) is 0 Å². The van der Waals surface area contributed by atoms with Gasteiger partial charge in [0.2, 0.25) is 0 Å². The highest BCUT2D eigenvalue weighted by Gasteiger charge is 1.89. The Kier molecular flexibility index (Phi) is 5.31. The fourth-order valence-corrected chi connectivity index (χ4v) is 1.53. The van der Waals surface area contributed by atoms with E-state index in [1.54, 1.807) is 12.1 Å². The standard InChI is InChI=1S/C15H14O.ClH/c16-15-11-9-14(10-12-15)8-4-7-13-5-2-1-3-6-13;/h1-6,8-12,16H,7H2;1H. The molecule has 0 saturated carbocycles. The highest BCUT2D eigenvalue weighted by Crippen LogP contribution is 2.11. The molecule has 88 valence electrons. The molecule has 0 aliphatic rings. The third-order valence-corrected chi connectivity index (χ3v) is 2.40. The van der Waals surface area contributed by atoms with Crippen LogP contribution in [-0.2, 0) is 6.42 Å². The van der Waals surface area contributed by atoms with Crippen LogP contribution in [0.15, 0.2) is 60.7 Å². The lowest BCUT2D eigenvalue weighted by Crippen LogP contribution is -1.78. The summed E-state index contributed by atoms with van der Waals surface area (Å²) in [6, 6.07) is 17.5. The molecule has 0 heterocycles. The van der Waals surface area contributed by atoms with E-state index < -0.39 is 0 Å². The van der Waals surface area contributed by atoms with Crippen molar-refractivity contribution in [2.45, 2.75) is 6.42 Å². The zero-order valence-electron chi connectivity index (χ0n) is 9.41. The van der Waals surface area contributed by atoms with Crippen molar-refractivity contribution in [2.75, 3.05) is 0 Å². The van der Waals surface area contributed by atoms with Crippen LogP contribution in [0.5, 0.6) is 5.75 Å². The highest BCUT2D eigenvalue weighted by molar-refractivity contribution is 5.85. The summed E-state index contributed by atoms with van der Waals surface area (Å²) < 4.78 is 0. The van der Waals surface area contributed by atoms with E-state index >= 15 is 0 Å². The van der Waals surface area contributed by atoms with Crippen LogP contribution in [0.2, 0.25) is 0 Å². The predicted octanol–water partition coefficient (Wildman–Crippen LogP) is 4.07. The van der Waals surface area contributed by atoms with Crippen molar-refractivity contribution in [3.05, 3.63) is 71.8 Å². The molecular formula is C15H15ClO. The van der Waals surface area contributed by atoms with Gasteiger partial charge in [-0.2, -0.15) is 0 Å². The third-order valence-electron chi connectivity index (χ3n) is 2.40. The summed E-state index contributed by atoms with van der Waals surface area (Å²) in [5, 5.41) is 9.14. The quantitative estimate of drug-likeness (QED) is 0.866. The third kappa shape index (κ3) is 4.33. The molecule has 17 heavy (non-hydrogen) atoms. The first-order chi connectivity index (χ1) is 7.84. The average molecular weight is 247 g/mol. The van der Waals surface area contributed by atoms with E-state index in [4.69, 9.17) is 5.11 Å². The first-order valence-corrected chi connectivity index (χ1v) is 5.34. The van der Waals surface area contributed by atoms with Crippen molar-refractivity contribution in [1.82, 2.24) is 0 Å². The molecule has 0 unspecified atom stereocenters. The minimum atomic E-state index is 0. The lowest BCUT2D eigenvalue weighted by atomic mass is 10.1. The van der Waals surface area contributed by atoms with Crippen molar-refractivity contribution in [3.63, 3.8) is 0 Å². The van der Waals surface area contributed by atoms with Gasteiger partial charge in [-0.05, 0) is 29.7 Å². The molecule has 0 atom stereocenters. The number of hydrogen-bond acceptors (Lipinski definition) is 1. The summed E-state index contributed by atoms with van der Waals surface area (Å²) in [5.74, 6) is 0.306. The molecule has 0 aliphatic heterocycles. The van der Waals surface area contributed by atoms with Gasteiger partial charge in [0.05, 0.1) is 0 Å². The van der Waals surface area contributed by atoms with Gasteiger partial charge < -0.3 is 5.11 Å². The van der Waals surface area contributed by atoms with Crippen LogP contribution in [0.3, 0.4) is 0 Å². The molecule has 2 rings (SSSR count). The second-order valence-corrected chi connectivity index (χ2v) is 3.68. The summed E-state index contributed by atoms with van der Waals surface area (Å²) in [6.07, 6.45) is 5.12. The van der Waals surface area contributed by atoms with Gasteiger partial charge >= 0.3 is 0 Å². The maximum absolute atomic E-state index is 9.14. The predicted molar refractivity (Wildman–Crippen MR) is 74.5 cm³/mol. The van der Waals surface area contributed by atoms with Crippen LogP contribution in [0.1, 0.15) is 11.1 Å². The molecule has 0 aromatic heterocycles. The van der Waals surface area contributed by atoms with E-state index in [2.05, 4.69) is 24.3 Å². The molecule has 0 amide bonds.